The molecule has 0 radical (unpaired) electrons. The summed E-state index contributed by atoms with van der Waals surface area (Å²) in [5.74, 6) is -2.51. The third-order valence-corrected chi connectivity index (χ3v) is 7.68. The number of nitrogens with one attached hydrogen (secondary N) is 1. The topological polar surface area (TPSA) is 104 Å². The van der Waals surface area contributed by atoms with Crippen LogP contribution in [0.3, 0.4) is 0 Å². The molecule has 0 aliphatic heterocycles. The highest BCUT2D eigenvalue weighted by atomic mass is 31.2. The second-order valence-corrected chi connectivity index (χ2v) is 11.0. The minimum absolute atomic E-state index is 0.0578. The molecule has 3 aromatic carbocycles. The van der Waals surface area contributed by atoms with Gasteiger partial charge in [0.25, 0.3) is 0 Å². The molecule has 0 fully saturated rings. The number of aliphatic carboxylic acids is 1. The summed E-state index contributed by atoms with van der Waals surface area (Å²) in [5, 5.41) is 11.6. The number of carbonyl (C=O) groups excluding carboxylic acids is 1. The average molecular weight is 480 g/mol. The maximum absolute atomic E-state index is 13.0. The highest BCUT2D eigenvalue weighted by Crippen LogP contribution is 2.43. The molecule has 0 aliphatic rings. The van der Waals surface area contributed by atoms with E-state index in [4.69, 9.17) is 5.11 Å². The first-order valence-electron chi connectivity index (χ1n) is 11.3. The third kappa shape index (κ3) is 7.68. The van der Waals surface area contributed by atoms with E-state index < -0.39 is 31.2 Å². The fourth-order valence-electron chi connectivity index (χ4n) is 3.77. The van der Waals surface area contributed by atoms with Crippen LogP contribution in [0.25, 0.3) is 11.1 Å². The number of benzene rings is 3. The summed E-state index contributed by atoms with van der Waals surface area (Å²) in [6.07, 6.45) is 0.518. The molecule has 178 valence electrons. The largest absolute Gasteiger partial charge is 0.480 e. The van der Waals surface area contributed by atoms with Crippen molar-refractivity contribution in [3.05, 3.63) is 96.1 Å². The average Bonchev–Trinajstić information content (AvgIpc) is 2.84. The molecule has 0 aliphatic carbocycles. The predicted octanol–water partition coefficient (Wildman–Crippen LogP) is 4.61. The van der Waals surface area contributed by atoms with Crippen LogP contribution in [0.1, 0.15) is 18.1 Å². The normalized spacial score (nSPS) is 14.5. The van der Waals surface area contributed by atoms with E-state index in [-0.39, 0.29) is 18.7 Å². The monoisotopic (exact) mass is 479 g/mol. The third-order valence-electron chi connectivity index (χ3n) is 5.74. The van der Waals surface area contributed by atoms with Gasteiger partial charge in [-0.15, -0.1) is 0 Å². The lowest BCUT2D eigenvalue weighted by Gasteiger charge is -2.22. The zero-order chi connectivity index (χ0) is 24.6. The standard InChI is InChI=1S/C27H30NO5P/c1-20(27(30)31)28-26(29)25(19-34(32,33)17-16-21-8-4-2-5-9-21)18-22-12-14-24(15-13-22)23-10-6-3-7-11-23/h2-15,20,25H,16-19H2,1H3,(H,28,29)(H,30,31)(H,32,33)/t20-,25+/m0/s1. The molecular weight excluding hydrogens is 449 g/mol. The van der Waals surface area contributed by atoms with Gasteiger partial charge in [0, 0.05) is 12.3 Å². The Morgan fingerprint density at radius 3 is 2.00 bits per heavy atom. The van der Waals surface area contributed by atoms with Crippen molar-refractivity contribution in [3.8, 4) is 11.1 Å². The van der Waals surface area contributed by atoms with Gasteiger partial charge in [-0.3, -0.25) is 14.2 Å². The Labute approximate surface area is 200 Å². The summed E-state index contributed by atoms with van der Waals surface area (Å²) in [7, 11) is -3.64. The molecule has 0 saturated carbocycles. The molecule has 0 heterocycles. The SMILES string of the molecule is C[C@H](NC(=O)[C@H](Cc1ccc(-c2ccccc2)cc1)CP(=O)(O)CCc1ccccc1)C(=O)O. The van der Waals surface area contributed by atoms with E-state index in [1.807, 2.05) is 84.9 Å². The Hall–Kier alpha value is -3.21. The van der Waals surface area contributed by atoms with E-state index in [0.717, 1.165) is 22.3 Å². The summed E-state index contributed by atoms with van der Waals surface area (Å²) < 4.78 is 13.0. The first-order valence-corrected chi connectivity index (χ1v) is 13.3. The van der Waals surface area contributed by atoms with Crippen LogP contribution in [0.4, 0.5) is 0 Å². The Morgan fingerprint density at radius 1 is 0.853 bits per heavy atom. The molecule has 6 nitrogen and oxygen atoms in total. The van der Waals surface area contributed by atoms with E-state index >= 15 is 0 Å². The second-order valence-electron chi connectivity index (χ2n) is 8.52. The molecule has 0 spiro atoms. The molecule has 3 N–H and O–H groups in total. The van der Waals surface area contributed by atoms with Crippen molar-refractivity contribution in [2.24, 2.45) is 5.92 Å². The first kappa shape index (κ1) is 25.4. The van der Waals surface area contributed by atoms with Crippen LogP contribution in [0.2, 0.25) is 0 Å². The van der Waals surface area contributed by atoms with Gasteiger partial charge < -0.3 is 15.3 Å². The van der Waals surface area contributed by atoms with Gasteiger partial charge in [-0.25, -0.2) is 0 Å². The van der Waals surface area contributed by atoms with Gasteiger partial charge in [0.1, 0.15) is 6.04 Å². The van der Waals surface area contributed by atoms with Crippen LogP contribution in [0.5, 0.6) is 0 Å². The maximum Gasteiger partial charge on any atom is 0.325 e. The van der Waals surface area contributed by atoms with Crippen molar-refractivity contribution in [2.75, 3.05) is 12.3 Å². The van der Waals surface area contributed by atoms with Gasteiger partial charge in [0.05, 0.1) is 5.92 Å². The highest BCUT2D eigenvalue weighted by Gasteiger charge is 2.30. The molecule has 3 atom stereocenters. The van der Waals surface area contributed by atoms with Crippen molar-refractivity contribution >= 4 is 19.2 Å². The quantitative estimate of drug-likeness (QED) is 0.349. The first-order chi connectivity index (χ1) is 16.2. The number of hydrogen-bond donors (Lipinski definition) is 3. The Kier molecular flexibility index (Phi) is 8.80. The number of carbonyl (C=O) groups is 2. The predicted molar refractivity (Wildman–Crippen MR) is 134 cm³/mol. The van der Waals surface area contributed by atoms with Gasteiger partial charge >= 0.3 is 5.97 Å². The van der Waals surface area contributed by atoms with Crippen LogP contribution in [0, 0.1) is 5.92 Å². The van der Waals surface area contributed by atoms with Gasteiger partial charge in [-0.1, -0.05) is 84.9 Å². The van der Waals surface area contributed by atoms with Crippen LogP contribution < -0.4 is 5.32 Å². The van der Waals surface area contributed by atoms with Crippen LogP contribution in [-0.2, 0) is 27.0 Å². The lowest BCUT2D eigenvalue weighted by molar-refractivity contribution is -0.141. The number of amides is 1. The molecule has 1 amide bonds. The lowest BCUT2D eigenvalue weighted by atomic mass is 9.97. The second kappa shape index (κ2) is 11.8. The number of rotatable bonds is 11. The molecule has 0 bridgehead atoms. The Balaban J connectivity index is 1.74. The van der Waals surface area contributed by atoms with Gasteiger partial charge in [-0.05, 0) is 42.0 Å². The fraction of sp³-hybridized carbons (Fsp3) is 0.259. The van der Waals surface area contributed by atoms with Crippen LogP contribution >= 0.6 is 7.37 Å². The van der Waals surface area contributed by atoms with Crippen molar-refractivity contribution < 1.29 is 24.2 Å². The molecule has 7 heteroatoms. The number of aryl methyl sites for hydroxylation is 1. The van der Waals surface area contributed by atoms with E-state index in [1.165, 1.54) is 6.92 Å². The molecule has 1 unspecified atom stereocenters. The van der Waals surface area contributed by atoms with E-state index in [0.29, 0.717) is 6.42 Å². The lowest BCUT2D eigenvalue weighted by Crippen LogP contribution is -2.43. The minimum Gasteiger partial charge on any atom is -0.480 e. The zero-order valence-corrected chi connectivity index (χ0v) is 20.0. The van der Waals surface area contributed by atoms with E-state index in [1.54, 1.807) is 0 Å². The van der Waals surface area contributed by atoms with Crippen molar-refractivity contribution in [1.82, 2.24) is 5.32 Å². The van der Waals surface area contributed by atoms with Gasteiger partial charge in [0.2, 0.25) is 13.3 Å². The summed E-state index contributed by atoms with van der Waals surface area (Å²) >= 11 is 0. The molecule has 0 saturated heterocycles. The van der Waals surface area contributed by atoms with Gasteiger partial charge in [0.15, 0.2) is 0 Å². The molecule has 0 aromatic heterocycles. The Bertz CT molecular complexity index is 1130. The summed E-state index contributed by atoms with van der Waals surface area (Å²) in [4.78, 5) is 34.8. The summed E-state index contributed by atoms with van der Waals surface area (Å²) in [5.41, 5.74) is 3.89. The maximum atomic E-state index is 13.0. The van der Waals surface area contributed by atoms with Crippen molar-refractivity contribution in [3.63, 3.8) is 0 Å². The fourth-order valence-corrected chi connectivity index (χ4v) is 5.54. The number of carboxylic acids is 1. The van der Waals surface area contributed by atoms with E-state index in [2.05, 4.69) is 5.32 Å². The van der Waals surface area contributed by atoms with Gasteiger partial charge in [-0.2, -0.15) is 0 Å². The molecular formula is C27H30NO5P. The number of hydrogen-bond acceptors (Lipinski definition) is 3. The zero-order valence-electron chi connectivity index (χ0n) is 19.1. The van der Waals surface area contributed by atoms with Crippen LogP contribution in [-0.4, -0.2) is 40.2 Å². The van der Waals surface area contributed by atoms with Crippen molar-refractivity contribution in [1.29, 1.82) is 0 Å². The summed E-state index contributed by atoms with van der Waals surface area (Å²) in [6.45, 7) is 1.37. The minimum atomic E-state index is -3.64. The summed E-state index contributed by atoms with van der Waals surface area (Å²) in [6, 6.07) is 25.9. The molecule has 3 rings (SSSR count). The van der Waals surface area contributed by atoms with Crippen molar-refractivity contribution in [2.45, 2.75) is 25.8 Å². The Morgan fingerprint density at radius 2 is 1.41 bits per heavy atom. The number of carboxylic acid groups (broad SMARTS) is 1. The smallest absolute Gasteiger partial charge is 0.325 e. The molecule has 3 aromatic rings. The highest BCUT2D eigenvalue weighted by molar-refractivity contribution is 7.58. The molecule has 34 heavy (non-hydrogen) atoms. The van der Waals surface area contributed by atoms with E-state index in [9.17, 15) is 19.0 Å². The van der Waals surface area contributed by atoms with Crippen LogP contribution in [0.15, 0.2) is 84.9 Å².